The summed E-state index contributed by atoms with van der Waals surface area (Å²) in [6.45, 7) is 10.2. The number of hydrogen-bond acceptors (Lipinski definition) is 7. The van der Waals surface area contributed by atoms with E-state index in [1.807, 2.05) is 0 Å². The molecule has 0 atom stereocenters. The number of carbonyl (C=O) groups excluding carboxylic acids is 1. The molecule has 0 bridgehead atoms. The van der Waals surface area contributed by atoms with Crippen LogP contribution in [0.4, 0.5) is 0 Å². The standard InChI is InChI=1S/C37H74N2O6/c1-3-5-7-9-11-15-22-35(23-16-12-10-8-6-4-2)34-45-37(44)25-18-14-20-27-39(31-33-41)29-21-28-38(30-32-40)26-19-13-17-24-36(42)43/h35,40-41H,3-34H2,1-2H3,(H,42,43). The molecule has 268 valence electrons. The van der Waals surface area contributed by atoms with Crippen LogP contribution in [0, 0.1) is 5.92 Å². The first-order chi connectivity index (χ1) is 22.0. The van der Waals surface area contributed by atoms with Gasteiger partial charge >= 0.3 is 11.9 Å². The number of aliphatic carboxylic acids is 1. The summed E-state index contributed by atoms with van der Waals surface area (Å²) < 4.78 is 5.78. The summed E-state index contributed by atoms with van der Waals surface area (Å²) in [6, 6.07) is 0. The number of carboxylic acids is 1. The van der Waals surface area contributed by atoms with Crippen molar-refractivity contribution in [3.8, 4) is 0 Å². The van der Waals surface area contributed by atoms with Gasteiger partial charge in [0.15, 0.2) is 0 Å². The Morgan fingerprint density at radius 1 is 0.533 bits per heavy atom. The minimum atomic E-state index is -0.743. The van der Waals surface area contributed by atoms with Crippen molar-refractivity contribution in [1.82, 2.24) is 9.80 Å². The average molecular weight is 643 g/mol. The van der Waals surface area contributed by atoms with E-state index >= 15 is 0 Å². The molecule has 0 unspecified atom stereocenters. The number of nitrogens with zero attached hydrogens (tertiary/aromatic N) is 2. The van der Waals surface area contributed by atoms with Crippen LogP contribution in [0.2, 0.25) is 0 Å². The molecule has 0 aromatic carbocycles. The fraction of sp³-hybridized carbons (Fsp3) is 0.946. The Morgan fingerprint density at radius 3 is 1.42 bits per heavy atom. The Morgan fingerprint density at radius 2 is 0.956 bits per heavy atom. The van der Waals surface area contributed by atoms with Gasteiger partial charge in [0.1, 0.15) is 0 Å². The molecule has 45 heavy (non-hydrogen) atoms. The second-order valence-corrected chi connectivity index (χ2v) is 13.2. The topological polar surface area (TPSA) is 111 Å². The Labute approximate surface area is 277 Å². The maximum atomic E-state index is 12.5. The van der Waals surface area contributed by atoms with Gasteiger partial charge in [0.05, 0.1) is 19.8 Å². The molecule has 8 nitrogen and oxygen atoms in total. The minimum absolute atomic E-state index is 0.0509. The molecule has 0 saturated carbocycles. The van der Waals surface area contributed by atoms with E-state index in [9.17, 15) is 19.8 Å². The predicted octanol–water partition coefficient (Wildman–Crippen LogP) is 7.83. The largest absolute Gasteiger partial charge is 0.481 e. The zero-order valence-corrected chi connectivity index (χ0v) is 29.7. The Bertz CT molecular complexity index is 634. The predicted molar refractivity (Wildman–Crippen MR) is 187 cm³/mol. The number of hydrogen-bond donors (Lipinski definition) is 3. The fourth-order valence-electron chi connectivity index (χ4n) is 6.06. The van der Waals surface area contributed by atoms with Crippen LogP contribution in [0.5, 0.6) is 0 Å². The first-order valence-corrected chi connectivity index (χ1v) is 19.0. The molecule has 0 fully saturated rings. The number of esters is 1. The lowest BCUT2D eigenvalue weighted by atomic mass is 9.94. The zero-order chi connectivity index (χ0) is 33.2. The molecule has 0 aliphatic rings. The van der Waals surface area contributed by atoms with Crippen molar-refractivity contribution >= 4 is 11.9 Å². The first-order valence-electron chi connectivity index (χ1n) is 19.0. The van der Waals surface area contributed by atoms with Gasteiger partial charge in [0.2, 0.25) is 0 Å². The Balaban J connectivity index is 4.27. The average Bonchev–Trinajstić information content (AvgIpc) is 3.02. The molecule has 8 heteroatoms. The molecular formula is C37H74N2O6. The quantitative estimate of drug-likeness (QED) is 0.0469. The Hall–Kier alpha value is -1.22. The highest BCUT2D eigenvalue weighted by Crippen LogP contribution is 2.20. The molecule has 0 heterocycles. The highest BCUT2D eigenvalue weighted by Gasteiger charge is 2.13. The van der Waals surface area contributed by atoms with Crippen LogP contribution in [-0.2, 0) is 14.3 Å². The van der Waals surface area contributed by atoms with Crippen LogP contribution in [0.3, 0.4) is 0 Å². The lowest BCUT2D eigenvalue weighted by Gasteiger charge is -2.25. The van der Waals surface area contributed by atoms with Crippen LogP contribution >= 0.6 is 0 Å². The van der Waals surface area contributed by atoms with E-state index in [4.69, 9.17) is 9.84 Å². The zero-order valence-electron chi connectivity index (χ0n) is 29.7. The van der Waals surface area contributed by atoms with E-state index in [2.05, 4.69) is 23.6 Å². The summed E-state index contributed by atoms with van der Waals surface area (Å²) >= 11 is 0. The van der Waals surface area contributed by atoms with Crippen LogP contribution < -0.4 is 0 Å². The van der Waals surface area contributed by atoms with Gasteiger partial charge in [-0.05, 0) is 77.0 Å². The van der Waals surface area contributed by atoms with E-state index < -0.39 is 5.97 Å². The van der Waals surface area contributed by atoms with Crippen molar-refractivity contribution in [1.29, 1.82) is 0 Å². The van der Waals surface area contributed by atoms with Crippen molar-refractivity contribution in [3.63, 3.8) is 0 Å². The minimum Gasteiger partial charge on any atom is -0.481 e. The van der Waals surface area contributed by atoms with E-state index in [-0.39, 0.29) is 25.6 Å². The smallest absolute Gasteiger partial charge is 0.305 e. The van der Waals surface area contributed by atoms with Gasteiger partial charge < -0.3 is 29.9 Å². The van der Waals surface area contributed by atoms with E-state index in [0.717, 1.165) is 64.7 Å². The molecule has 0 amide bonds. The maximum Gasteiger partial charge on any atom is 0.305 e. The highest BCUT2D eigenvalue weighted by molar-refractivity contribution is 5.69. The monoisotopic (exact) mass is 643 g/mol. The summed E-state index contributed by atoms with van der Waals surface area (Å²) in [4.78, 5) is 27.7. The van der Waals surface area contributed by atoms with Crippen molar-refractivity contribution in [2.24, 2.45) is 5.92 Å². The molecule has 3 N–H and O–H groups in total. The van der Waals surface area contributed by atoms with Crippen LogP contribution in [0.15, 0.2) is 0 Å². The van der Waals surface area contributed by atoms with E-state index in [1.54, 1.807) is 0 Å². The summed E-state index contributed by atoms with van der Waals surface area (Å²) in [5, 5.41) is 27.7. The van der Waals surface area contributed by atoms with Crippen molar-refractivity contribution in [3.05, 3.63) is 0 Å². The van der Waals surface area contributed by atoms with Gasteiger partial charge in [-0.25, -0.2) is 0 Å². The highest BCUT2D eigenvalue weighted by atomic mass is 16.5. The van der Waals surface area contributed by atoms with Gasteiger partial charge in [0.25, 0.3) is 0 Å². The third-order valence-electron chi connectivity index (χ3n) is 8.91. The number of rotatable bonds is 36. The SMILES string of the molecule is CCCCCCCCC(CCCCCCCC)COC(=O)CCCCCN(CCO)CCCN(CCO)CCCCCC(=O)O. The van der Waals surface area contributed by atoms with Crippen LogP contribution in [0.25, 0.3) is 0 Å². The summed E-state index contributed by atoms with van der Waals surface area (Å²) in [5.41, 5.74) is 0. The number of aliphatic hydroxyl groups excluding tert-OH is 2. The lowest BCUT2D eigenvalue weighted by molar-refractivity contribution is -0.145. The summed E-state index contributed by atoms with van der Waals surface area (Å²) in [6.07, 6.45) is 25.0. The first kappa shape index (κ1) is 43.8. The molecule has 0 aromatic rings. The number of aliphatic hydroxyl groups is 2. The van der Waals surface area contributed by atoms with Gasteiger partial charge in [-0.3, -0.25) is 9.59 Å². The molecule has 0 aliphatic carbocycles. The number of ether oxygens (including phenoxy) is 1. The van der Waals surface area contributed by atoms with Crippen molar-refractivity contribution < 1.29 is 29.6 Å². The van der Waals surface area contributed by atoms with Crippen molar-refractivity contribution in [2.75, 3.05) is 59.1 Å². The maximum absolute atomic E-state index is 12.5. The third-order valence-corrected chi connectivity index (χ3v) is 8.91. The molecule has 0 aromatic heterocycles. The second kappa shape index (κ2) is 34.1. The normalized spacial score (nSPS) is 11.7. The molecule has 0 rings (SSSR count). The van der Waals surface area contributed by atoms with Crippen LogP contribution in [0.1, 0.15) is 162 Å². The Kier molecular flexibility index (Phi) is 33.2. The molecular weight excluding hydrogens is 568 g/mol. The molecule has 0 radical (unpaired) electrons. The molecule has 0 spiro atoms. The summed E-state index contributed by atoms with van der Waals surface area (Å²) in [7, 11) is 0. The molecule has 0 saturated heterocycles. The lowest BCUT2D eigenvalue weighted by Crippen LogP contribution is -2.34. The van der Waals surface area contributed by atoms with Gasteiger partial charge in [-0.15, -0.1) is 0 Å². The fourth-order valence-corrected chi connectivity index (χ4v) is 6.06. The summed E-state index contributed by atoms with van der Waals surface area (Å²) in [5.74, 6) is -0.291. The van der Waals surface area contributed by atoms with Crippen molar-refractivity contribution in [2.45, 2.75) is 162 Å². The number of carbonyl (C=O) groups is 2. The molecule has 0 aliphatic heterocycles. The third kappa shape index (κ3) is 31.2. The van der Waals surface area contributed by atoms with E-state index in [0.29, 0.717) is 38.5 Å². The van der Waals surface area contributed by atoms with Gasteiger partial charge in [-0.2, -0.15) is 0 Å². The van der Waals surface area contributed by atoms with Gasteiger partial charge in [-0.1, -0.05) is 104 Å². The van der Waals surface area contributed by atoms with E-state index in [1.165, 1.54) is 89.9 Å². The second-order valence-electron chi connectivity index (χ2n) is 13.2. The number of carboxylic acid groups (broad SMARTS) is 1. The van der Waals surface area contributed by atoms with Gasteiger partial charge in [0, 0.05) is 25.9 Å². The number of unbranched alkanes of at least 4 members (excludes halogenated alkanes) is 14. The van der Waals surface area contributed by atoms with Crippen LogP contribution in [-0.4, -0.2) is 96.1 Å².